The average molecular weight is 257 g/mol. The number of carbonyl (C=O) groups excluding carboxylic acids is 1. The van der Waals surface area contributed by atoms with Crippen molar-refractivity contribution >= 4 is 11.9 Å². The molecule has 1 saturated heterocycles. The van der Waals surface area contributed by atoms with Crippen molar-refractivity contribution in [2.75, 3.05) is 19.8 Å². The Morgan fingerprint density at radius 3 is 2.50 bits per heavy atom. The lowest BCUT2D eigenvalue weighted by atomic mass is 9.88. The van der Waals surface area contributed by atoms with Crippen molar-refractivity contribution in [2.45, 2.75) is 39.5 Å². The third-order valence-corrected chi connectivity index (χ3v) is 3.39. The second kappa shape index (κ2) is 6.73. The van der Waals surface area contributed by atoms with Crippen LogP contribution in [0.5, 0.6) is 0 Å². The molecule has 0 unspecified atom stereocenters. The molecule has 0 aromatic rings. The fourth-order valence-corrected chi connectivity index (χ4v) is 2.12. The van der Waals surface area contributed by atoms with Gasteiger partial charge in [-0.3, -0.25) is 9.59 Å². The number of nitrogens with one attached hydrogen (secondary N) is 1. The molecule has 0 saturated carbocycles. The molecule has 0 bridgehead atoms. The van der Waals surface area contributed by atoms with E-state index in [4.69, 9.17) is 9.84 Å². The van der Waals surface area contributed by atoms with Gasteiger partial charge in [-0.2, -0.15) is 0 Å². The molecule has 2 N–H and O–H groups in total. The van der Waals surface area contributed by atoms with Gasteiger partial charge in [0, 0.05) is 19.8 Å². The number of rotatable bonds is 6. The molecule has 5 nitrogen and oxygen atoms in total. The van der Waals surface area contributed by atoms with Crippen LogP contribution < -0.4 is 5.32 Å². The highest BCUT2D eigenvalue weighted by Crippen LogP contribution is 2.21. The number of aliphatic carboxylic acids is 1. The molecule has 1 aliphatic rings. The number of carboxylic acid groups (broad SMARTS) is 1. The first-order valence-electron chi connectivity index (χ1n) is 6.49. The number of carbonyl (C=O) groups is 2. The van der Waals surface area contributed by atoms with Gasteiger partial charge in [-0.1, -0.05) is 13.8 Å². The van der Waals surface area contributed by atoms with Gasteiger partial charge in [0.2, 0.25) is 5.91 Å². The van der Waals surface area contributed by atoms with E-state index in [1.807, 2.05) is 0 Å². The van der Waals surface area contributed by atoms with Crippen LogP contribution in [0.3, 0.4) is 0 Å². The van der Waals surface area contributed by atoms with Crippen LogP contribution in [-0.4, -0.2) is 36.7 Å². The molecule has 1 amide bonds. The fraction of sp³-hybridized carbons (Fsp3) is 0.846. The summed E-state index contributed by atoms with van der Waals surface area (Å²) < 4.78 is 5.27. The molecule has 0 radical (unpaired) electrons. The second-order valence-corrected chi connectivity index (χ2v) is 5.55. The Balaban J connectivity index is 2.25. The van der Waals surface area contributed by atoms with E-state index in [1.165, 1.54) is 0 Å². The van der Waals surface area contributed by atoms with E-state index in [-0.39, 0.29) is 12.3 Å². The normalized spacial score (nSPS) is 17.4. The minimum atomic E-state index is -0.945. The first-order valence-corrected chi connectivity index (χ1v) is 6.49. The molecule has 5 heteroatoms. The van der Waals surface area contributed by atoms with Gasteiger partial charge in [0.15, 0.2) is 0 Å². The SMILES string of the molecule is CC(C)(CC(=O)O)C(=O)NCCC1CCOCC1. The summed E-state index contributed by atoms with van der Waals surface area (Å²) in [5, 5.41) is 11.6. The van der Waals surface area contributed by atoms with Crippen LogP contribution in [0.15, 0.2) is 0 Å². The van der Waals surface area contributed by atoms with Crippen LogP contribution in [0.1, 0.15) is 39.5 Å². The van der Waals surface area contributed by atoms with Crippen molar-refractivity contribution in [2.24, 2.45) is 11.3 Å². The van der Waals surface area contributed by atoms with Gasteiger partial charge in [0.05, 0.1) is 11.8 Å². The molecule has 0 aliphatic carbocycles. The summed E-state index contributed by atoms with van der Waals surface area (Å²) in [5.74, 6) is -0.516. The standard InChI is InChI=1S/C13H23NO4/c1-13(2,9-11(15)16)12(17)14-6-3-10-4-7-18-8-5-10/h10H,3-9H2,1-2H3,(H,14,17)(H,15,16). The average Bonchev–Trinajstić information content (AvgIpc) is 2.28. The van der Waals surface area contributed by atoms with Crippen molar-refractivity contribution in [3.8, 4) is 0 Å². The molecule has 1 heterocycles. The number of hydrogen-bond acceptors (Lipinski definition) is 3. The van der Waals surface area contributed by atoms with Crippen molar-refractivity contribution in [3.63, 3.8) is 0 Å². The zero-order chi connectivity index (χ0) is 13.6. The lowest BCUT2D eigenvalue weighted by molar-refractivity contribution is -0.144. The molecular formula is C13H23NO4. The van der Waals surface area contributed by atoms with Crippen molar-refractivity contribution in [1.29, 1.82) is 0 Å². The highest BCUT2D eigenvalue weighted by Gasteiger charge is 2.30. The van der Waals surface area contributed by atoms with E-state index in [9.17, 15) is 9.59 Å². The molecule has 1 aliphatic heterocycles. The number of hydrogen-bond donors (Lipinski definition) is 2. The fourth-order valence-electron chi connectivity index (χ4n) is 2.12. The van der Waals surface area contributed by atoms with Crippen LogP contribution in [0.2, 0.25) is 0 Å². The maximum absolute atomic E-state index is 11.8. The van der Waals surface area contributed by atoms with Crippen LogP contribution in [-0.2, 0) is 14.3 Å². The Bertz CT molecular complexity index is 295. The first kappa shape index (κ1) is 15.0. The topological polar surface area (TPSA) is 75.6 Å². The van der Waals surface area contributed by atoms with Gasteiger partial charge in [-0.15, -0.1) is 0 Å². The van der Waals surface area contributed by atoms with Crippen LogP contribution in [0.4, 0.5) is 0 Å². The van der Waals surface area contributed by atoms with Gasteiger partial charge < -0.3 is 15.2 Å². The largest absolute Gasteiger partial charge is 0.481 e. The van der Waals surface area contributed by atoms with Crippen molar-refractivity contribution < 1.29 is 19.4 Å². The Morgan fingerprint density at radius 1 is 1.33 bits per heavy atom. The number of amides is 1. The van der Waals surface area contributed by atoms with E-state index in [0.717, 1.165) is 32.5 Å². The third-order valence-electron chi connectivity index (χ3n) is 3.39. The summed E-state index contributed by atoms with van der Waals surface area (Å²) in [4.78, 5) is 22.5. The van der Waals surface area contributed by atoms with Gasteiger partial charge in [-0.25, -0.2) is 0 Å². The lowest BCUT2D eigenvalue weighted by Crippen LogP contribution is -2.39. The molecular weight excluding hydrogens is 234 g/mol. The summed E-state index contributed by atoms with van der Waals surface area (Å²) in [6.07, 6.45) is 2.90. The summed E-state index contributed by atoms with van der Waals surface area (Å²) in [6.45, 7) is 5.55. The molecule has 0 aromatic carbocycles. The quantitative estimate of drug-likeness (QED) is 0.754. The maximum atomic E-state index is 11.8. The van der Waals surface area contributed by atoms with Crippen LogP contribution in [0.25, 0.3) is 0 Å². The minimum Gasteiger partial charge on any atom is -0.481 e. The monoisotopic (exact) mass is 257 g/mol. The Kier molecular flexibility index (Phi) is 5.59. The predicted molar refractivity (Wildman–Crippen MR) is 67.2 cm³/mol. The zero-order valence-corrected chi connectivity index (χ0v) is 11.2. The Morgan fingerprint density at radius 2 is 1.94 bits per heavy atom. The van der Waals surface area contributed by atoms with Gasteiger partial charge in [-0.05, 0) is 25.2 Å². The maximum Gasteiger partial charge on any atom is 0.304 e. The van der Waals surface area contributed by atoms with E-state index < -0.39 is 11.4 Å². The Labute approximate surface area is 108 Å². The molecule has 0 spiro atoms. The van der Waals surface area contributed by atoms with Gasteiger partial charge in [0.25, 0.3) is 0 Å². The first-order chi connectivity index (χ1) is 8.42. The molecule has 0 aromatic heterocycles. The number of ether oxygens (including phenoxy) is 1. The van der Waals surface area contributed by atoms with E-state index in [0.29, 0.717) is 12.5 Å². The minimum absolute atomic E-state index is 0.143. The lowest BCUT2D eigenvalue weighted by Gasteiger charge is -2.24. The van der Waals surface area contributed by atoms with Crippen molar-refractivity contribution in [1.82, 2.24) is 5.32 Å². The smallest absolute Gasteiger partial charge is 0.304 e. The summed E-state index contributed by atoms with van der Waals surface area (Å²) in [5.41, 5.74) is -0.846. The van der Waals surface area contributed by atoms with E-state index in [1.54, 1.807) is 13.8 Å². The zero-order valence-electron chi connectivity index (χ0n) is 11.2. The summed E-state index contributed by atoms with van der Waals surface area (Å²) in [6, 6.07) is 0. The summed E-state index contributed by atoms with van der Waals surface area (Å²) >= 11 is 0. The predicted octanol–water partition coefficient (Wildman–Crippen LogP) is 1.42. The number of carboxylic acids is 1. The van der Waals surface area contributed by atoms with Crippen LogP contribution >= 0.6 is 0 Å². The molecule has 0 atom stereocenters. The van der Waals surface area contributed by atoms with Crippen molar-refractivity contribution in [3.05, 3.63) is 0 Å². The molecule has 1 fully saturated rings. The van der Waals surface area contributed by atoms with Gasteiger partial charge in [0.1, 0.15) is 0 Å². The molecule has 1 rings (SSSR count). The Hall–Kier alpha value is -1.10. The third kappa shape index (κ3) is 5.04. The van der Waals surface area contributed by atoms with E-state index in [2.05, 4.69) is 5.32 Å². The molecule has 104 valence electrons. The van der Waals surface area contributed by atoms with Crippen LogP contribution in [0, 0.1) is 11.3 Å². The van der Waals surface area contributed by atoms with Gasteiger partial charge >= 0.3 is 5.97 Å². The summed E-state index contributed by atoms with van der Waals surface area (Å²) in [7, 11) is 0. The highest BCUT2D eigenvalue weighted by molar-refractivity contribution is 5.86. The van der Waals surface area contributed by atoms with E-state index >= 15 is 0 Å². The second-order valence-electron chi connectivity index (χ2n) is 5.55. The highest BCUT2D eigenvalue weighted by atomic mass is 16.5. The molecule has 18 heavy (non-hydrogen) atoms.